The number of carbonyl (C=O) groups is 3. The number of benzene rings is 2. The SMILES string of the molecule is CC(C)c1ccc(N2C(=O)NC(=O)/C(=C/c3cc4c(cc3Cl)OCO4)C2=O)cc1. The van der Waals surface area contributed by atoms with E-state index in [-0.39, 0.29) is 17.4 Å². The number of fused-ring (bicyclic) bond motifs is 1. The molecule has 0 spiro atoms. The molecule has 0 aromatic heterocycles. The summed E-state index contributed by atoms with van der Waals surface area (Å²) in [6.45, 7) is 4.16. The summed E-state index contributed by atoms with van der Waals surface area (Å²) >= 11 is 6.25. The second kappa shape index (κ2) is 7.25. The standard InChI is InChI=1S/C21H17ClN2O5/c1-11(2)12-3-5-14(6-4-12)24-20(26)15(19(25)23-21(24)27)7-13-8-17-18(9-16(13)22)29-10-28-17/h3-9,11H,10H2,1-2H3,(H,23,25,27)/b15-7-. The highest BCUT2D eigenvalue weighted by Gasteiger charge is 2.37. The van der Waals surface area contributed by atoms with E-state index in [0.29, 0.717) is 28.7 Å². The number of urea groups is 1. The summed E-state index contributed by atoms with van der Waals surface area (Å²) in [6, 6.07) is 9.36. The van der Waals surface area contributed by atoms with E-state index in [4.69, 9.17) is 21.1 Å². The van der Waals surface area contributed by atoms with E-state index in [0.717, 1.165) is 10.5 Å². The van der Waals surface area contributed by atoms with E-state index in [1.165, 1.54) is 6.08 Å². The van der Waals surface area contributed by atoms with Crippen LogP contribution in [0.2, 0.25) is 5.02 Å². The molecule has 2 aliphatic heterocycles. The molecule has 4 amide bonds. The largest absolute Gasteiger partial charge is 0.454 e. The molecule has 0 bridgehead atoms. The van der Waals surface area contributed by atoms with Crippen molar-refractivity contribution >= 4 is 41.2 Å². The maximum atomic E-state index is 13.0. The van der Waals surface area contributed by atoms with Crippen molar-refractivity contribution in [2.45, 2.75) is 19.8 Å². The van der Waals surface area contributed by atoms with Gasteiger partial charge in [0.05, 0.1) is 10.7 Å². The van der Waals surface area contributed by atoms with Gasteiger partial charge < -0.3 is 9.47 Å². The van der Waals surface area contributed by atoms with E-state index < -0.39 is 17.8 Å². The smallest absolute Gasteiger partial charge is 0.335 e. The number of rotatable bonds is 3. The van der Waals surface area contributed by atoms with E-state index in [1.54, 1.807) is 24.3 Å². The van der Waals surface area contributed by atoms with Gasteiger partial charge in [0.25, 0.3) is 11.8 Å². The Morgan fingerprint density at radius 1 is 1.07 bits per heavy atom. The van der Waals surface area contributed by atoms with Crippen molar-refractivity contribution in [3.05, 3.63) is 58.1 Å². The van der Waals surface area contributed by atoms with Gasteiger partial charge in [-0.25, -0.2) is 9.69 Å². The van der Waals surface area contributed by atoms with E-state index in [1.807, 2.05) is 26.0 Å². The molecule has 2 heterocycles. The number of hydrogen-bond donors (Lipinski definition) is 1. The summed E-state index contributed by atoms with van der Waals surface area (Å²) in [5.74, 6) is -0.269. The number of hydrogen-bond acceptors (Lipinski definition) is 5. The number of anilines is 1. The van der Waals surface area contributed by atoms with Crippen molar-refractivity contribution in [3.63, 3.8) is 0 Å². The first-order chi connectivity index (χ1) is 13.8. The normalized spacial score (nSPS) is 17.3. The van der Waals surface area contributed by atoms with Crippen LogP contribution < -0.4 is 19.7 Å². The lowest BCUT2D eigenvalue weighted by Gasteiger charge is -2.26. The van der Waals surface area contributed by atoms with E-state index in [9.17, 15) is 14.4 Å². The third-order valence-corrected chi connectivity index (χ3v) is 5.04. The maximum absolute atomic E-state index is 13.0. The van der Waals surface area contributed by atoms with Crippen LogP contribution in [0.5, 0.6) is 11.5 Å². The van der Waals surface area contributed by atoms with Gasteiger partial charge in [-0.05, 0) is 41.3 Å². The molecule has 1 fully saturated rings. The summed E-state index contributed by atoms with van der Waals surface area (Å²) in [7, 11) is 0. The Morgan fingerprint density at radius 3 is 2.38 bits per heavy atom. The highest BCUT2D eigenvalue weighted by Crippen LogP contribution is 2.38. The minimum Gasteiger partial charge on any atom is -0.454 e. The van der Waals surface area contributed by atoms with E-state index in [2.05, 4.69) is 5.32 Å². The molecule has 0 radical (unpaired) electrons. The van der Waals surface area contributed by atoms with Crippen molar-refractivity contribution in [1.82, 2.24) is 5.32 Å². The van der Waals surface area contributed by atoms with Gasteiger partial charge >= 0.3 is 6.03 Å². The molecule has 2 aliphatic rings. The molecule has 7 nitrogen and oxygen atoms in total. The van der Waals surface area contributed by atoms with Crippen LogP contribution in [0.4, 0.5) is 10.5 Å². The molecular formula is C21H17ClN2O5. The van der Waals surface area contributed by atoms with E-state index >= 15 is 0 Å². The number of barbiturate groups is 1. The van der Waals surface area contributed by atoms with Crippen LogP contribution in [0.3, 0.4) is 0 Å². The first-order valence-corrected chi connectivity index (χ1v) is 9.33. The van der Waals surface area contributed by atoms with Gasteiger partial charge in [-0.2, -0.15) is 0 Å². The first kappa shape index (κ1) is 19.0. The molecule has 148 valence electrons. The van der Waals surface area contributed by atoms with Crippen LogP contribution >= 0.6 is 11.6 Å². The molecule has 0 saturated carbocycles. The molecule has 2 aromatic carbocycles. The molecule has 8 heteroatoms. The fourth-order valence-electron chi connectivity index (χ4n) is 3.10. The highest BCUT2D eigenvalue weighted by molar-refractivity contribution is 6.40. The Morgan fingerprint density at radius 2 is 1.72 bits per heavy atom. The van der Waals surface area contributed by atoms with Crippen molar-refractivity contribution in [3.8, 4) is 11.5 Å². The summed E-state index contributed by atoms with van der Waals surface area (Å²) in [6.07, 6.45) is 1.34. The van der Waals surface area contributed by atoms with Gasteiger partial charge in [0.1, 0.15) is 5.57 Å². The predicted molar refractivity (Wildman–Crippen MR) is 107 cm³/mol. The van der Waals surface area contributed by atoms with Gasteiger partial charge in [-0.1, -0.05) is 37.6 Å². The third-order valence-electron chi connectivity index (χ3n) is 4.71. The second-order valence-electron chi connectivity index (χ2n) is 6.93. The Balaban J connectivity index is 1.71. The van der Waals surface area contributed by atoms with Gasteiger partial charge in [-0.3, -0.25) is 14.9 Å². The van der Waals surface area contributed by atoms with Crippen LogP contribution in [0, 0.1) is 0 Å². The van der Waals surface area contributed by atoms with Crippen molar-refractivity contribution < 1.29 is 23.9 Å². The van der Waals surface area contributed by atoms with Crippen LogP contribution in [-0.4, -0.2) is 24.6 Å². The zero-order valence-electron chi connectivity index (χ0n) is 15.7. The number of carbonyl (C=O) groups excluding carboxylic acids is 3. The van der Waals surface area contributed by atoms with Crippen LogP contribution in [0.15, 0.2) is 42.0 Å². The molecule has 1 saturated heterocycles. The van der Waals surface area contributed by atoms with Crippen molar-refractivity contribution in [1.29, 1.82) is 0 Å². The fourth-order valence-corrected chi connectivity index (χ4v) is 3.31. The Kier molecular flexibility index (Phi) is 4.76. The predicted octanol–water partition coefficient (Wildman–Crippen LogP) is 3.86. The van der Waals surface area contributed by atoms with Crippen LogP contribution in [0.1, 0.15) is 30.9 Å². The number of ether oxygens (including phenoxy) is 2. The zero-order chi connectivity index (χ0) is 20.7. The Bertz CT molecular complexity index is 1060. The Labute approximate surface area is 171 Å². The highest BCUT2D eigenvalue weighted by atomic mass is 35.5. The lowest BCUT2D eigenvalue weighted by molar-refractivity contribution is -0.122. The molecular weight excluding hydrogens is 396 g/mol. The molecule has 1 N–H and O–H groups in total. The molecule has 0 unspecified atom stereocenters. The topological polar surface area (TPSA) is 84.9 Å². The van der Waals surface area contributed by atoms with Crippen LogP contribution in [0.25, 0.3) is 6.08 Å². The van der Waals surface area contributed by atoms with Crippen LogP contribution in [-0.2, 0) is 9.59 Å². The van der Waals surface area contributed by atoms with Gasteiger partial charge in [0.2, 0.25) is 6.79 Å². The number of imide groups is 2. The number of halogens is 1. The summed E-state index contributed by atoms with van der Waals surface area (Å²) in [4.78, 5) is 38.6. The monoisotopic (exact) mass is 412 g/mol. The summed E-state index contributed by atoms with van der Waals surface area (Å²) in [5.41, 5.74) is 1.63. The van der Waals surface area contributed by atoms with Gasteiger partial charge in [-0.15, -0.1) is 0 Å². The van der Waals surface area contributed by atoms with Gasteiger partial charge in [0.15, 0.2) is 11.5 Å². The maximum Gasteiger partial charge on any atom is 0.335 e. The number of nitrogens with one attached hydrogen (secondary N) is 1. The molecule has 4 rings (SSSR count). The summed E-state index contributed by atoms with van der Waals surface area (Å²) in [5, 5.41) is 2.48. The zero-order valence-corrected chi connectivity index (χ0v) is 16.4. The molecule has 0 atom stereocenters. The number of amides is 4. The van der Waals surface area contributed by atoms with Crippen molar-refractivity contribution in [2.24, 2.45) is 0 Å². The molecule has 2 aromatic rings. The number of nitrogens with zero attached hydrogens (tertiary/aromatic N) is 1. The van der Waals surface area contributed by atoms with Crippen molar-refractivity contribution in [2.75, 3.05) is 11.7 Å². The van der Waals surface area contributed by atoms with Gasteiger partial charge in [0, 0.05) is 6.07 Å². The average molecular weight is 413 g/mol. The minimum absolute atomic E-state index is 0.0692. The Hall–Kier alpha value is -3.32. The quantitative estimate of drug-likeness (QED) is 0.611. The molecule has 0 aliphatic carbocycles. The summed E-state index contributed by atoms with van der Waals surface area (Å²) < 4.78 is 10.6. The lowest BCUT2D eigenvalue weighted by atomic mass is 10.0. The fraction of sp³-hybridized carbons (Fsp3) is 0.190. The third kappa shape index (κ3) is 3.45. The minimum atomic E-state index is -0.800. The first-order valence-electron chi connectivity index (χ1n) is 8.95. The lowest BCUT2D eigenvalue weighted by Crippen LogP contribution is -2.54. The molecule has 29 heavy (non-hydrogen) atoms. The second-order valence-corrected chi connectivity index (χ2v) is 7.34. The average Bonchev–Trinajstić information content (AvgIpc) is 3.12.